The van der Waals surface area contributed by atoms with Gasteiger partial charge in [-0.05, 0) is 27.2 Å². The van der Waals surface area contributed by atoms with Gasteiger partial charge < -0.3 is 10.0 Å². The molecule has 1 aromatic heterocycles. The van der Waals surface area contributed by atoms with Gasteiger partial charge in [0.1, 0.15) is 17.3 Å². The number of rotatable bonds is 6. The van der Waals surface area contributed by atoms with Crippen molar-refractivity contribution in [3.63, 3.8) is 0 Å². The molecular formula is C13H22ClN3O. The second-order valence-electron chi connectivity index (χ2n) is 5.04. The predicted octanol–water partition coefficient (Wildman–Crippen LogP) is 2.68. The fraction of sp³-hybridized carbons (Fsp3) is 0.692. The van der Waals surface area contributed by atoms with E-state index in [0.717, 1.165) is 30.8 Å². The van der Waals surface area contributed by atoms with E-state index in [-0.39, 0.29) is 0 Å². The molecule has 0 amide bonds. The summed E-state index contributed by atoms with van der Waals surface area (Å²) in [6.45, 7) is 9.01. The Morgan fingerprint density at radius 3 is 2.50 bits per heavy atom. The SMILES string of the molecule is CCCc1c(Cl)ncnc1N(CC)CC(C)(C)O. The van der Waals surface area contributed by atoms with Gasteiger partial charge in [-0.2, -0.15) is 0 Å². The Morgan fingerprint density at radius 1 is 1.33 bits per heavy atom. The van der Waals surface area contributed by atoms with Gasteiger partial charge in [-0.3, -0.25) is 0 Å². The molecule has 0 unspecified atom stereocenters. The van der Waals surface area contributed by atoms with E-state index in [9.17, 15) is 5.11 Å². The molecule has 0 bridgehead atoms. The number of anilines is 1. The molecule has 1 aromatic rings. The molecule has 1 N–H and O–H groups in total. The normalized spacial score (nSPS) is 11.7. The van der Waals surface area contributed by atoms with Crippen molar-refractivity contribution >= 4 is 17.4 Å². The van der Waals surface area contributed by atoms with Crippen LogP contribution in [0.4, 0.5) is 5.82 Å². The molecule has 0 aliphatic carbocycles. The third-order valence-corrected chi connectivity index (χ3v) is 2.95. The molecule has 0 spiro atoms. The first-order valence-electron chi connectivity index (χ1n) is 6.35. The summed E-state index contributed by atoms with van der Waals surface area (Å²) in [4.78, 5) is 10.4. The van der Waals surface area contributed by atoms with E-state index in [2.05, 4.69) is 16.9 Å². The van der Waals surface area contributed by atoms with Gasteiger partial charge in [-0.1, -0.05) is 24.9 Å². The predicted molar refractivity (Wildman–Crippen MR) is 75.2 cm³/mol. The highest BCUT2D eigenvalue weighted by Gasteiger charge is 2.21. The summed E-state index contributed by atoms with van der Waals surface area (Å²) in [5.74, 6) is 0.835. The second kappa shape index (κ2) is 6.34. The topological polar surface area (TPSA) is 49.2 Å². The van der Waals surface area contributed by atoms with Crippen molar-refractivity contribution in [1.29, 1.82) is 0 Å². The zero-order valence-electron chi connectivity index (χ0n) is 11.6. The summed E-state index contributed by atoms with van der Waals surface area (Å²) >= 11 is 6.14. The molecule has 0 atom stereocenters. The summed E-state index contributed by atoms with van der Waals surface area (Å²) in [5.41, 5.74) is 0.199. The number of nitrogens with zero attached hydrogens (tertiary/aromatic N) is 3. The van der Waals surface area contributed by atoms with Crippen LogP contribution in [0.3, 0.4) is 0 Å². The standard InChI is InChI=1S/C13H22ClN3O/c1-5-7-10-11(14)15-9-16-12(10)17(6-2)8-13(3,4)18/h9,18H,5-8H2,1-4H3. The second-order valence-corrected chi connectivity index (χ2v) is 5.40. The van der Waals surface area contributed by atoms with Gasteiger partial charge in [-0.25, -0.2) is 9.97 Å². The summed E-state index contributed by atoms with van der Waals surface area (Å²) in [5, 5.41) is 10.5. The number of aromatic nitrogens is 2. The van der Waals surface area contributed by atoms with Gasteiger partial charge in [0, 0.05) is 18.7 Å². The Morgan fingerprint density at radius 2 is 2.00 bits per heavy atom. The van der Waals surface area contributed by atoms with Crippen LogP contribution >= 0.6 is 11.6 Å². The van der Waals surface area contributed by atoms with Crippen molar-refractivity contribution in [2.45, 2.75) is 46.1 Å². The third kappa shape index (κ3) is 4.10. The summed E-state index contributed by atoms with van der Waals surface area (Å²) in [6.07, 6.45) is 3.31. The zero-order valence-corrected chi connectivity index (χ0v) is 12.3. The molecule has 1 heterocycles. The van der Waals surface area contributed by atoms with Gasteiger partial charge in [0.2, 0.25) is 0 Å². The smallest absolute Gasteiger partial charge is 0.137 e. The molecule has 0 fully saturated rings. The lowest BCUT2D eigenvalue weighted by Gasteiger charge is -2.30. The van der Waals surface area contributed by atoms with E-state index < -0.39 is 5.60 Å². The molecule has 5 heteroatoms. The average molecular weight is 272 g/mol. The van der Waals surface area contributed by atoms with Crippen LogP contribution < -0.4 is 4.90 Å². The van der Waals surface area contributed by atoms with Crippen LogP contribution in [0.25, 0.3) is 0 Å². The Kier molecular flexibility index (Phi) is 5.35. The Labute approximate surface area is 114 Å². The molecule has 0 aromatic carbocycles. The van der Waals surface area contributed by atoms with Gasteiger partial charge in [0.15, 0.2) is 0 Å². The fourth-order valence-corrected chi connectivity index (χ4v) is 2.15. The lowest BCUT2D eigenvalue weighted by molar-refractivity contribution is 0.0874. The monoisotopic (exact) mass is 271 g/mol. The number of hydrogen-bond donors (Lipinski definition) is 1. The molecule has 0 saturated heterocycles. The van der Waals surface area contributed by atoms with Crippen molar-refractivity contribution in [3.8, 4) is 0 Å². The molecule has 0 aliphatic rings. The molecule has 0 saturated carbocycles. The number of halogens is 1. The Balaban J connectivity index is 3.08. The summed E-state index contributed by atoms with van der Waals surface area (Å²) in [7, 11) is 0. The van der Waals surface area contributed by atoms with Crippen LogP contribution in [0.1, 0.15) is 39.7 Å². The van der Waals surface area contributed by atoms with Gasteiger partial charge >= 0.3 is 0 Å². The maximum atomic E-state index is 9.95. The summed E-state index contributed by atoms with van der Waals surface area (Å²) in [6, 6.07) is 0. The molecule has 4 nitrogen and oxygen atoms in total. The number of aliphatic hydroxyl groups is 1. The van der Waals surface area contributed by atoms with E-state index in [1.54, 1.807) is 13.8 Å². The molecule has 0 radical (unpaired) electrons. The van der Waals surface area contributed by atoms with Crippen molar-refractivity contribution in [2.75, 3.05) is 18.0 Å². The van der Waals surface area contributed by atoms with Crippen molar-refractivity contribution < 1.29 is 5.11 Å². The maximum Gasteiger partial charge on any atom is 0.137 e. The van der Waals surface area contributed by atoms with Gasteiger partial charge in [0.05, 0.1) is 5.60 Å². The largest absolute Gasteiger partial charge is 0.389 e. The van der Waals surface area contributed by atoms with Gasteiger partial charge in [0.25, 0.3) is 0 Å². The third-order valence-electron chi connectivity index (χ3n) is 2.63. The first kappa shape index (κ1) is 15.2. The molecule has 18 heavy (non-hydrogen) atoms. The highest BCUT2D eigenvalue weighted by atomic mass is 35.5. The summed E-state index contributed by atoms with van der Waals surface area (Å²) < 4.78 is 0. The first-order valence-corrected chi connectivity index (χ1v) is 6.73. The highest BCUT2D eigenvalue weighted by Crippen LogP contribution is 2.25. The zero-order chi connectivity index (χ0) is 13.8. The van der Waals surface area contributed by atoms with Crippen molar-refractivity contribution in [1.82, 2.24) is 9.97 Å². The molecule has 102 valence electrons. The lowest BCUT2D eigenvalue weighted by Crippen LogP contribution is -2.39. The molecule has 1 rings (SSSR count). The minimum Gasteiger partial charge on any atom is -0.389 e. The minimum absolute atomic E-state index is 0.510. The van der Waals surface area contributed by atoms with E-state index in [1.165, 1.54) is 6.33 Å². The maximum absolute atomic E-state index is 9.95. The van der Waals surface area contributed by atoms with Crippen molar-refractivity contribution in [3.05, 3.63) is 17.0 Å². The van der Waals surface area contributed by atoms with E-state index >= 15 is 0 Å². The lowest BCUT2D eigenvalue weighted by atomic mass is 10.1. The van der Waals surface area contributed by atoms with Crippen LogP contribution in [0.5, 0.6) is 0 Å². The van der Waals surface area contributed by atoms with Crippen LogP contribution in [0.15, 0.2) is 6.33 Å². The highest BCUT2D eigenvalue weighted by molar-refractivity contribution is 6.30. The Hall–Kier alpha value is -0.870. The minimum atomic E-state index is -0.767. The van der Waals surface area contributed by atoms with Crippen LogP contribution in [-0.2, 0) is 6.42 Å². The number of likely N-dealkylation sites (N-methyl/N-ethyl adjacent to an activating group) is 1. The van der Waals surface area contributed by atoms with Crippen LogP contribution in [0.2, 0.25) is 5.15 Å². The molecular weight excluding hydrogens is 250 g/mol. The number of hydrogen-bond acceptors (Lipinski definition) is 4. The Bertz CT molecular complexity index is 390. The first-order chi connectivity index (χ1) is 8.39. The van der Waals surface area contributed by atoms with E-state index in [4.69, 9.17) is 11.6 Å². The fourth-order valence-electron chi connectivity index (χ4n) is 1.92. The van der Waals surface area contributed by atoms with Crippen LogP contribution in [0, 0.1) is 0 Å². The quantitative estimate of drug-likeness (QED) is 0.808. The van der Waals surface area contributed by atoms with Crippen molar-refractivity contribution in [2.24, 2.45) is 0 Å². The van der Waals surface area contributed by atoms with Gasteiger partial charge in [-0.15, -0.1) is 0 Å². The molecule has 0 aliphatic heterocycles. The van der Waals surface area contributed by atoms with E-state index in [0.29, 0.717) is 11.7 Å². The average Bonchev–Trinajstić information content (AvgIpc) is 2.28. The van der Waals surface area contributed by atoms with Crippen LogP contribution in [-0.4, -0.2) is 33.8 Å². The van der Waals surface area contributed by atoms with E-state index in [1.807, 2.05) is 11.8 Å².